The van der Waals surface area contributed by atoms with Crippen LogP contribution in [0.1, 0.15) is 0 Å². The quantitative estimate of drug-likeness (QED) is 0.168. The summed E-state index contributed by atoms with van der Waals surface area (Å²) in [5, 5.41) is 16.6. The molecule has 0 fully saturated rings. The van der Waals surface area contributed by atoms with Crippen LogP contribution in [0.3, 0.4) is 0 Å². The number of hydrogen-bond donors (Lipinski definition) is 0. The van der Waals surface area contributed by atoms with Crippen molar-refractivity contribution in [3.8, 4) is 51.0 Å². The van der Waals surface area contributed by atoms with Crippen molar-refractivity contribution in [3.05, 3.63) is 212 Å². The summed E-state index contributed by atoms with van der Waals surface area (Å²) in [7, 11) is 0. The number of para-hydroxylation sites is 5. The van der Waals surface area contributed by atoms with Crippen LogP contribution in [0, 0.1) is 0 Å². The Kier molecular flexibility index (Phi) is 7.50. The number of benzene rings is 9. The molecule has 9 aromatic carbocycles. The Balaban J connectivity index is 1.07. The lowest BCUT2D eigenvalue weighted by atomic mass is 10.0. The Labute approximate surface area is 355 Å². The second kappa shape index (κ2) is 13.5. The van der Waals surface area contributed by atoms with Crippen molar-refractivity contribution in [1.82, 2.24) is 23.9 Å². The fraction of sp³-hybridized carbons (Fsp3) is 0. The number of fused-ring (bicyclic) bond motifs is 10. The topological polar surface area (TPSA) is 53.7 Å². The molecule has 4 aromatic heterocycles. The highest BCUT2D eigenvalue weighted by molar-refractivity contribution is 6.21. The monoisotopic (exact) mass is 793 g/mol. The third kappa shape index (κ3) is 5.04. The highest BCUT2D eigenvalue weighted by atomic mass is 16.3. The van der Waals surface area contributed by atoms with E-state index >= 15 is 0 Å². The van der Waals surface area contributed by atoms with Crippen LogP contribution in [0.4, 0.5) is 0 Å². The number of aromatic nitrogens is 5. The zero-order valence-corrected chi connectivity index (χ0v) is 33.4. The van der Waals surface area contributed by atoms with Gasteiger partial charge in [-0.05, 0) is 54.1 Å². The molecule has 0 bridgehead atoms. The minimum Gasteiger partial charge on any atom is -0.454 e. The first-order valence-corrected chi connectivity index (χ1v) is 20.9. The van der Waals surface area contributed by atoms with Crippen LogP contribution in [-0.4, -0.2) is 23.9 Å². The average molecular weight is 794 g/mol. The van der Waals surface area contributed by atoms with Gasteiger partial charge in [-0.3, -0.25) is 4.57 Å². The molecular weight excluding hydrogens is 759 g/mol. The highest BCUT2D eigenvalue weighted by Gasteiger charge is 2.24. The predicted octanol–water partition coefficient (Wildman–Crippen LogP) is 14.4. The van der Waals surface area contributed by atoms with Crippen LogP contribution in [0.15, 0.2) is 217 Å². The molecule has 0 radical (unpaired) electrons. The van der Waals surface area contributed by atoms with E-state index in [2.05, 4.69) is 208 Å². The van der Waals surface area contributed by atoms with Crippen molar-refractivity contribution in [2.75, 3.05) is 0 Å². The predicted molar refractivity (Wildman–Crippen MR) is 254 cm³/mol. The van der Waals surface area contributed by atoms with Crippen molar-refractivity contribution in [1.29, 1.82) is 0 Å². The van der Waals surface area contributed by atoms with Crippen molar-refractivity contribution < 1.29 is 4.42 Å². The summed E-state index contributed by atoms with van der Waals surface area (Å²) in [6, 6.07) is 75.1. The molecule has 0 saturated heterocycles. The molecule has 0 saturated carbocycles. The van der Waals surface area contributed by atoms with E-state index in [1.54, 1.807) is 0 Å². The summed E-state index contributed by atoms with van der Waals surface area (Å²) >= 11 is 0. The maximum atomic E-state index is 6.73. The van der Waals surface area contributed by atoms with Gasteiger partial charge in [-0.15, -0.1) is 10.2 Å². The van der Waals surface area contributed by atoms with Crippen LogP contribution in [0.5, 0.6) is 0 Å². The van der Waals surface area contributed by atoms with Gasteiger partial charge in [0.25, 0.3) is 0 Å². The molecule has 0 N–H and O–H groups in total. The molecule has 0 aliphatic heterocycles. The van der Waals surface area contributed by atoms with Gasteiger partial charge in [0.1, 0.15) is 5.58 Å². The molecule has 0 amide bonds. The van der Waals surface area contributed by atoms with Crippen LogP contribution in [-0.2, 0) is 0 Å². The van der Waals surface area contributed by atoms with Gasteiger partial charge in [-0.1, -0.05) is 164 Å². The summed E-state index contributed by atoms with van der Waals surface area (Å²) < 4.78 is 13.8. The lowest BCUT2D eigenvalue weighted by molar-refractivity contribution is 0.671. The first-order chi connectivity index (χ1) is 30.8. The Hall–Kier alpha value is -8.48. The second-order valence-corrected chi connectivity index (χ2v) is 15.8. The lowest BCUT2D eigenvalue weighted by Gasteiger charge is -2.17. The molecule has 290 valence electrons. The zero-order valence-electron chi connectivity index (χ0n) is 33.4. The Morgan fingerprint density at radius 2 is 0.871 bits per heavy atom. The lowest BCUT2D eigenvalue weighted by Crippen LogP contribution is -2.04. The molecule has 0 atom stereocenters. The summed E-state index contributed by atoms with van der Waals surface area (Å²) in [5.41, 5.74) is 13.5. The van der Waals surface area contributed by atoms with Gasteiger partial charge in [0.05, 0.1) is 33.4 Å². The molecule has 6 heteroatoms. The fourth-order valence-corrected chi connectivity index (χ4v) is 9.72. The largest absolute Gasteiger partial charge is 0.454 e. The van der Waals surface area contributed by atoms with Crippen molar-refractivity contribution in [2.24, 2.45) is 0 Å². The van der Waals surface area contributed by atoms with Gasteiger partial charge in [-0.2, -0.15) is 0 Å². The van der Waals surface area contributed by atoms with Gasteiger partial charge in [0.15, 0.2) is 17.2 Å². The molecule has 13 aromatic rings. The molecule has 4 heterocycles. The van der Waals surface area contributed by atoms with Gasteiger partial charge in [-0.25, -0.2) is 0 Å². The first kappa shape index (κ1) is 34.4. The van der Waals surface area contributed by atoms with Crippen LogP contribution < -0.4 is 0 Å². The SMILES string of the molecule is c1ccc(-c2nnc(-c3ccccc3)n2-c2cccc3c4ccccc4n(-c4cccc(-c5ccccc5-n5c6ccccc6c6ccc7c8ccccc8oc7c65)c4)c23)cc1. The third-order valence-electron chi connectivity index (χ3n) is 12.4. The normalized spacial score (nSPS) is 11.9. The van der Waals surface area contributed by atoms with E-state index in [9.17, 15) is 0 Å². The van der Waals surface area contributed by atoms with Crippen molar-refractivity contribution in [2.45, 2.75) is 0 Å². The van der Waals surface area contributed by atoms with Gasteiger partial charge >= 0.3 is 0 Å². The minimum atomic E-state index is 0.779. The zero-order chi connectivity index (χ0) is 40.7. The summed E-state index contributed by atoms with van der Waals surface area (Å²) in [4.78, 5) is 0. The molecule has 6 nitrogen and oxygen atoms in total. The van der Waals surface area contributed by atoms with E-state index in [1.165, 1.54) is 10.8 Å². The van der Waals surface area contributed by atoms with Crippen molar-refractivity contribution >= 4 is 65.6 Å². The average Bonchev–Trinajstić information content (AvgIpc) is 4.12. The molecule has 0 unspecified atom stereocenters. The van der Waals surface area contributed by atoms with E-state index in [-0.39, 0.29) is 0 Å². The van der Waals surface area contributed by atoms with Crippen LogP contribution >= 0.6 is 0 Å². The molecule has 13 rings (SSSR count). The first-order valence-electron chi connectivity index (χ1n) is 20.9. The molecule has 0 aliphatic rings. The number of nitrogens with zero attached hydrogens (tertiary/aromatic N) is 5. The smallest absolute Gasteiger partial charge is 0.168 e. The van der Waals surface area contributed by atoms with E-state index < -0.39 is 0 Å². The van der Waals surface area contributed by atoms with Crippen LogP contribution in [0.25, 0.3) is 117 Å². The summed E-state index contributed by atoms with van der Waals surface area (Å²) in [5.74, 6) is 1.56. The summed E-state index contributed by atoms with van der Waals surface area (Å²) in [6.07, 6.45) is 0. The van der Waals surface area contributed by atoms with Crippen LogP contribution in [0.2, 0.25) is 0 Å². The second-order valence-electron chi connectivity index (χ2n) is 15.8. The Morgan fingerprint density at radius 1 is 0.339 bits per heavy atom. The van der Waals surface area contributed by atoms with E-state index in [4.69, 9.17) is 14.6 Å². The van der Waals surface area contributed by atoms with Gasteiger partial charge < -0.3 is 13.6 Å². The fourth-order valence-electron chi connectivity index (χ4n) is 9.72. The number of rotatable bonds is 6. The van der Waals surface area contributed by atoms with Gasteiger partial charge in [0, 0.05) is 54.7 Å². The number of hydrogen-bond acceptors (Lipinski definition) is 3. The van der Waals surface area contributed by atoms with E-state index in [0.717, 1.165) is 106 Å². The maximum absolute atomic E-state index is 6.73. The molecule has 0 spiro atoms. The maximum Gasteiger partial charge on any atom is 0.168 e. The number of furan rings is 1. The standard InChI is InChI=1S/C56H35N5O/c1-3-17-36(18-4-1)55-57-58-56(37-19-5-2-6-20-37)61(55)50-31-16-27-44-41-24-8-12-29-48(41)59(52(44)50)39-22-15-21-38(35-39)40-23-7-11-28-47(40)60-49-30-13-9-25-42(49)45-33-34-46-43-26-10-14-32-51(43)62-54(46)53(45)60/h1-35H. The Bertz CT molecular complexity index is 3810. The Morgan fingerprint density at radius 3 is 1.61 bits per heavy atom. The highest BCUT2D eigenvalue weighted by Crippen LogP contribution is 2.43. The van der Waals surface area contributed by atoms with E-state index in [0.29, 0.717) is 0 Å². The minimum absolute atomic E-state index is 0.779. The molecule has 62 heavy (non-hydrogen) atoms. The third-order valence-corrected chi connectivity index (χ3v) is 12.4. The van der Waals surface area contributed by atoms with Gasteiger partial charge in [0.2, 0.25) is 0 Å². The summed E-state index contributed by atoms with van der Waals surface area (Å²) in [6.45, 7) is 0. The van der Waals surface area contributed by atoms with E-state index in [1.807, 2.05) is 18.2 Å². The molecular formula is C56H35N5O. The molecule has 0 aliphatic carbocycles. The van der Waals surface area contributed by atoms with Crippen molar-refractivity contribution in [3.63, 3.8) is 0 Å².